The van der Waals surface area contributed by atoms with Gasteiger partial charge in [0.15, 0.2) is 0 Å². The van der Waals surface area contributed by atoms with Crippen LogP contribution in [0.5, 0.6) is 0 Å². The van der Waals surface area contributed by atoms with Crippen LogP contribution in [0, 0.1) is 0 Å². The van der Waals surface area contributed by atoms with Gasteiger partial charge in [-0.2, -0.15) is 0 Å². The first kappa shape index (κ1) is 29.4. The summed E-state index contributed by atoms with van der Waals surface area (Å²) in [4.78, 5) is 15.0. The molecule has 0 rings (SSSR count). The molecule has 0 aromatic carbocycles. The quantitative estimate of drug-likeness (QED) is 0.357. The van der Waals surface area contributed by atoms with Gasteiger partial charge in [0.1, 0.15) is 0 Å². The highest BCUT2D eigenvalue weighted by molar-refractivity contribution is 5.86. The summed E-state index contributed by atoms with van der Waals surface area (Å²) in [5.41, 5.74) is 9.84. The summed E-state index contributed by atoms with van der Waals surface area (Å²) in [5, 5.41) is 3.10. The van der Waals surface area contributed by atoms with E-state index in [-0.39, 0.29) is 55.6 Å². The standard InChI is InChI=1S/C6H13N3O2.4ClH/c1-2-3-4-5(10)11-9-6(7)8;;;;/h2-4H2,1H3,(H4,7,8,9);4*1H. The van der Waals surface area contributed by atoms with Crippen LogP contribution in [0.4, 0.5) is 0 Å². The van der Waals surface area contributed by atoms with E-state index < -0.39 is 5.97 Å². The Morgan fingerprint density at radius 1 is 1.20 bits per heavy atom. The zero-order valence-electron chi connectivity index (χ0n) is 8.17. The number of hydrogen-bond donors (Lipinski definition) is 2. The Hall–Kier alpha value is -0.100. The van der Waals surface area contributed by atoms with Crippen molar-refractivity contribution in [2.75, 3.05) is 0 Å². The predicted octanol–water partition coefficient (Wildman–Crippen LogP) is 1.60. The number of unbranched alkanes of at least 4 members (excludes halogenated alkanes) is 1. The summed E-state index contributed by atoms with van der Waals surface area (Å²) in [6, 6.07) is 0. The molecule has 0 heterocycles. The summed E-state index contributed by atoms with van der Waals surface area (Å²) < 4.78 is 0. The second-order valence-electron chi connectivity index (χ2n) is 2.08. The SMILES string of the molecule is CCCCC(=O)ON=C(N)N.Cl.Cl.Cl.Cl. The summed E-state index contributed by atoms with van der Waals surface area (Å²) in [6.45, 7) is 1.98. The fourth-order valence-corrected chi connectivity index (χ4v) is 0.470. The van der Waals surface area contributed by atoms with Crippen LogP contribution in [-0.2, 0) is 9.63 Å². The third-order valence-electron chi connectivity index (χ3n) is 0.987. The van der Waals surface area contributed by atoms with Crippen molar-refractivity contribution in [2.45, 2.75) is 26.2 Å². The Bertz CT molecular complexity index is 164. The van der Waals surface area contributed by atoms with E-state index in [0.717, 1.165) is 12.8 Å². The van der Waals surface area contributed by atoms with E-state index >= 15 is 0 Å². The van der Waals surface area contributed by atoms with E-state index in [1.54, 1.807) is 0 Å². The predicted molar refractivity (Wildman–Crippen MR) is 70.4 cm³/mol. The number of guanidine groups is 1. The average molecular weight is 305 g/mol. The molecule has 15 heavy (non-hydrogen) atoms. The number of rotatable bonds is 4. The fourth-order valence-electron chi connectivity index (χ4n) is 0.470. The molecule has 0 saturated heterocycles. The maximum absolute atomic E-state index is 10.7. The smallest absolute Gasteiger partial charge is 0.335 e. The number of hydrogen-bond acceptors (Lipinski definition) is 3. The van der Waals surface area contributed by atoms with Gasteiger partial charge in [-0.1, -0.05) is 13.3 Å². The third kappa shape index (κ3) is 24.9. The van der Waals surface area contributed by atoms with Crippen molar-refractivity contribution in [3.8, 4) is 0 Å². The summed E-state index contributed by atoms with van der Waals surface area (Å²) >= 11 is 0. The van der Waals surface area contributed by atoms with Crippen LogP contribution in [0.25, 0.3) is 0 Å². The monoisotopic (exact) mass is 303 g/mol. The van der Waals surface area contributed by atoms with Crippen molar-refractivity contribution < 1.29 is 9.63 Å². The minimum atomic E-state index is -0.403. The van der Waals surface area contributed by atoms with E-state index in [9.17, 15) is 4.79 Å². The largest absolute Gasteiger partial charge is 0.367 e. The molecular weight excluding hydrogens is 288 g/mol. The molecule has 0 aliphatic rings. The van der Waals surface area contributed by atoms with Crippen LogP contribution < -0.4 is 11.5 Å². The highest BCUT2D eigenvalue weighted by Gasteiger charge is 1.99. The van der Waals surface area contributed by atoms with Crippen LogP contribution >= 0.6 is 49.6 Å². The Morgan fingerprint density at radius 2 is 1.67 bits per heavy atom. The van der Waals surface area contributed by atoms with Gasteiger partial charge in [0.05, 0.1) is 0 Å². The minimum Gasteiger partial charge on any atom is -0.367 e. The Morgan fingerprint density at radius 3 is 2.00 bits per heavy atom. The number of carbonyl (C=O) groups is 1. The molecule has 4 N–H and O–H groups in total. The van der Waals surface area contributed by atoms with Crippen molar-refractivity contribution in [3.63, 3.8) is 0 Å². The molecule has 0 aliphatic heterocycles. The molecule has 0 amide bonds. The normalized spacial score (nSPS) is 6.47. The molecule has 0 aliphatic carbocycles. The number of nitrogens with two attached hydrogens (primary N) is 2. The second kappa shape index (κ2) is 19.5. The third-order valence-corrected chi connectivity index (χ3v) is 0.987. The second-order valence-corrected chi connectivity index (χ2v) is 2.08. The molecule has 0 atom stereocenters. The van der Waals surface area contributed by atoms with Gasteiger partial charge in [-0.25, -0.2) is 4.79 Å². The molecule has 0 bridgehead atoms. The lowest BCUT2D eigenvalue weighted by Crippen LogP contribution is -2.23. The molecular formula is C6H17Cl4N3O2. The molecule has 0 spiro atoms. The van der Waals surface area contributed by atoms with Crippen molar-refractivity contribution in [2.24, 2.45) is 16.6 Å². The molecule has 5 nitrogen and oxygen atoms in total. The van der Waals surface area contributed by atoms with Crippen molar-refractivity contribution in [1.82, 2.24) is 0 Å². The van der Waals surface area contributed by atoms with Crippen molar-refractivity contribution in [1.29, 1.82) is 0 Å². The summed E-state index contributed by atoms with van der Waals surface area (Å²) in [6.07, 6.45) is 2.09. The van der Waals surface area contributed by atoms with Crippen molar-refractivity contribution in [3.05, 3.63) is 0 Å². The Balaban J connectivity index is -0.0000000833. The highest BCUT2D eigenvalue weighted by Crippen LogP contribution is 1.95. The van der Waals surface area contributed by atoms with Gasteiger partial charge in [0.2, 0.25) is 5.96 Å². The number of oxime groups is 1. The lowest BCUT2D eigenvalue weighted by molar-refractivity contribution is -0.143. The van der Waals surface area contributed by atoms with Gasteiger partial charge in [-0.3, -0.25) is 0 Å². The maximum Gasteiger partial charge on any atom is 0.335 e. The Labute approximate surface area is 114 Å². The van der Waals surface area contributed by atoms with Crippen LogP contribution in [0.2, 0.25) is 0 Å². The van der Waals surface area contributed by atoms with E-state index in [0.29, 0.717) is 6.42 Å². The van der Waals surface area contributed by atoms with Gasteiger partial charge in [-0.15, -0.1) is 49.6 Å². The first-order valence-electron chi connectivity index (χ1n) is 3.45. The zero-order valence-corrected chi connectivity index (χ0v) is 11.4. The molecule has 96 valence electrons. The topological polar surface area (TPSA) is 90.7 Å². The Kier molecular flexibility index (Phi) is 38.1. The first-order valence-corrected chi connectivity index (χ1v) is 3.45. The van der Waals surface area contributed by atoms with Gasteiger partial charge in [0.25, 0.3) is 0 Å². The zero-order chi connectivity index (χ0) is 8.69. The summed E-state index contributed by atoms with van der Waals surface area (Å²) in [7, 11) is 0. The summed E-state index contributed by atoms with van der Waals surface area (Å²) in [5.74, 6) is -0.643. The highest BCUT2D eigenvalue weighted by atomic mass is 35.5. The number of carbonyl (C=O) groups excluding carboxylic acids is 1. The molecule has 0 aromatic heterocycles. The van der Waals surface area contributed by atoms with Crippen LogP contribution in [0.3, 0.4) is 0 Å². The molecule has 0 fully saturated rings. The fraction of sp³-hybridized carbons (Fsp3) is 0.667. The van der Waals surface area contributed by atoms with Gasteiger partial charge in [0, 0.05) is 6.42 Å². The minimum absolute atomic E-state index is 0. The van der Waals surface area contributed by atoms with Gasteiger partial charge < -0.3 is 16.3 Å². The van der Waals surface area contributed by atoms with E-state index in [1.165, 1.54) is 0 Å². The van der Waals surface area contributed by atoms with E-state index in [2.05, 4.69) is 9.99 Å². The number of halogens is 4. The lowest BCUT2D eigenvalue weighted by Gasteiger charge is -1.95. The molecule has 9 heteroatoms. The lowest BCUT2D eigenvalue weighted by atomic mass is 10.3. The van der Waals surface area contributed by atoms with E-state index in [1.807, 2.05) is 6.92 Å². The van der Waals surface area contributed by atoms with Crippen LogP contribution in [0.1, 0.15) is 26.2 Å². The molecule has 0 aromatic rings. The van der Waals surface area contributed by atoms with Crippen LogP contribution in [-0.4, -0.2) is 11.9 Å². The average Bonchev–Trinajstić information content (AvgIpc) is 1.97. The molecule has 0 saturated carbocycles. The molecule has 0 unspecified atom stereocenters. The van der Waals surface area contributed by atoms with Gasteiger partial charge >= 0.3 is 5.97 Å². The first-order chi connectivity index (χ1) is 5.16. The van der Waals surface area contributed by atoms with E-state index in [4.69, 9.17) is 11.5 Å². The van der Waals surface area contributed by atoms with Crippen molar-refractivity contribution >= 4 is 61.6 Å². The molecule has 0 radical (unpaired) electrons. The van der Waals surface area contributed by atoms with Crippen LogP contribution in [0.15, 0.2) is 5.16 Å². The van der Waals surface area contributed by atoms with Gasteiger partial charge in [-0.05, 0) is 11.6 Å². The maximum atomic E-state index is 10.7. The number of nitrogens with zero attached hydrogens (tertiary/aromatic N) is 1.